The van der Waals surface area contributed by atoms with Gasteiger partial charge in [-0.1, -0.05) is 29.4 Å². The molecule has 0 aliphatic carbocycles. The summed E-state index contributed by atoms with van der Waals surface area (Å²) in [5.41, 5.74) is 6.52. The molecule has 3 rings (SSSR count). The van der Waals surface area contributed by atoms with Gasteiger partial charge in [-0.25, -0.2) is 0 Å². The van der Waals surface area contributed by atoms with Crippen LogP contribution in [0.4, 0.5) is 0 Å². The zero-order valence-corrected chi connectivity index (χ0v) is 10.7. The SMILES string of the molecule is C#CCC(N)c1nc(-c2nccc3ccccc23)no1. The highest BCUT2D eigenvalue weighted by atomic mass is 16.5. The Bertz CT molecular complexity index is 782. The van der Waals surface area contributed by atoms with E-state index in [-0.39, 0.29) is 0 Å². The van der Waals surface area contributed by atoms with Gasteiger partial charge in [-0.2, -0.15) is 4.98 Å². The molecule has 2 N–H and O–H groups in total. The van der Waals surface area contributed by atoms with E-state index in [1.807, 2.05) is 30.3 Å². The van der Waals surface area contributed by atoms with Crippen molar-refractivity contribution in [2.75, 3.05) is 0 Å². The average molecular weight is 264 g/mol. The molecule has 0 aliphatic rings. The number of nitrogens with two attached hydrogens (primary N) is 1. The number of aromatic nitrogens is 3. The number of rotatable bonds is 3. The van der Waals surface area contributed by atoms with Crippen LogP contribution in [0.2, 0.25) is 0 Å². The summed E-state index contributed by atoms with van der Waals surface area (Å²) in [6.45, 7) is 0. The van der Waals surface area contributed by atoms with Gasteiger partial charge in [-0.05, 0) is 11.5 Å². The van der Waals surface area contributed by atoms with E-state index in [1.165, 1.54) is 0 Å². The van der Waals surface area contributed by atoms with Gasteiger partial charge in [0.1, 0.15) is 5.69 Å². The number of pyridine rings is 1. The lowest BCUT2D eigenvalue weighted by Crippen LogP contribution is -2.09. The van der Waals surface area contributed by atoms with Crippen molar-refractivity contribution in [3.05, 3.63) is 42.4 Å². The van der Waals surface area contributed by atoms with Gasteiger partial charge in [0.05, 0.1) is 6.04 Å². The first kappa shape index (κ1) is 12.3. The first-order valence-electron chi connectivity index (χ1n) is 6.16. The molecule has 0 saturated heterocycles. The Morgan fingerprint density at radius 3 is 3.00 bits per heavy atom. The van der Waals surface area contributed by atoms with E-state index in [0.717, 1.165) is 10.8 Å². The Hall–Kier alpha value is -2.71. The first-order chi connectivity index (χ1) is 9.79. The van der Waals surface area contributed by atoms with Crippen molar-refractivity contribution in [2.24, 2.45) is 5.73 Å². The molecule has 5 nitrogen and oxygen atoms in total. The Balaban J connectivity index is 2.06. The highest BCUT2D eigenvalue weighted by Gasteiger charge is 2.16. The standard InChI is InChI=1S/C15H12N4O/c1-2-5-12(16)15-18-14(19-20-15)13-11-7-4-3-6-10(11)8-9-17-13/h1,3-4,6-9,12H,5,16H2. The van der Waals surface area contributed by atoms with Crippen LogP contribution >= 0.6 is 0 Å². The zero-order valence-electron chi connectivity index (χ0n) is 10.7. The zero-order chi connectivity index (χ0) is 13.9. The number of hydrogen-bond acceptors (Lipinski definition) is 5. The van der Waals surface area contributed by atoms with Crippen LogP contribution in [0.5, 0.6) is 0 Å². The minimum Gasteiger partial charge on any atom is -0.337 e. The highest BCUT2D eigenvalue weighted by Crippen LogP contribution is 2.25. The molecule has 3 aromatic rings. The second-order valence-electron chi connectivity index (χ2n) is 4.35. The maximum atomic E-state index is 5.85. The lowest BCUT2D eigenvalue weighted by Gasteiger charge is -2.01. The summed E-state index contributed by atoms with van der Waals surface area (Å²) in [6, 6.07) is 9.37. The summed E-state index contributed by atoms with van der Waals surface area (Å²) >= 11 is 0. The fraction of sp³-hybridized carbons (Fsp3) is 0.133. The number of nitrogens with zero attached hydrogens (tertiary/aromatic N) is 3. The van der Waals surface area contributed by atoms with Crippen LogP contribution in [0.1, 0.15) is 18.4 Å². The Morgan fingerprint density at radius 1 is 1.30 bits per heavy atom. The molecule has 0 spiro atoms. The van der Waals surface area contributed by atoms with Crippen molar-refractivity contribution in [1.29, 1.82) is 0 Å². The summed E-state index contributed by atoms with van der Waals surface area (Å²) in [5.74, 6) is 3.22. The minimum absolute atomic E-state index is 0.327. The smallest absolute Gasteiger partial charge is 0.244 e. The Labute approximate surface area is 115 Å². The predicted octanol–water partition coefficient (Wildman–Crippen LogP) is 2.31. The third-order valence-electron chi connectivity index (χ3n) is 2.98. The van der Waals surface area contributed by atoms with Crippen molar-refractivity contribution in [2.45, 2.75) is 12.5 Å². The quantitative estimate of drug-likeness (QED) is 0.734. The summed E-state index contributed by atoms with van der Waals surface area (Å²) < 4.78 is 5.16. The highest BCUT2D eigenvalue weighted by molar-refractivity contribution is 5.92. The Kier molecular flexibility index (Phi) is 3.15. The summed E-state index contributed by atoms with van der Waals surface area (Å²) in [7, 11) is 0. The molecule has 0 amide bonds. The van der Waals surface area contributed by atoms with Gasteiger partial charge in [0, 0.05) is 18.0 Å². The van der Waals surface area contributed by atoms with E-state index in [4.69, 9.17) is 16.7 Å². The molecule has 0 bridgehead atoms. The number of benzene rings is 1. The minimum atomic E-state index is -0.448. The lowest BCUT2D eigenvalue weighted by atomic mass is 10.1. The van der Waals surface area contributed by atoms with Gasteiger partial charge in [0.25, 0.3) is 0 Å². The molecule has 1 aromatic carbocycles. The maximum Gasteiger partial charge on any atom is 0.244 e. The van der Waals surface area contributed by atoms with E-state index in [9.17, 15) is 0 Å². The molecular formula is C15H12N4O. The third-order valence-corrected chi connectivity index (χ3v) is 2.98. The normalized spacial score (nSPS) is 12.2. The van der Waals surface area contributed by atoms with Gasteiger partial charge >= 0.3 is 0 Å². The van der Waals surface area contributed by atoms with E-state index >= 15 is 0 Å². The molecule has 2 heterocycles. The van der Waals surface area contributed by atoms with Crippen LogP contribution in [-0.2, 0) is 0 Å². The van der Waals surface area contributed by atoms with Crippen molar-refractivity contribution in [3.63, 3.8) is 0 Å². The molecular weight excluding hydrogens is 252 g/mol. The fourth-order valence-electron chi connectivity index (χ4n) is 1.99. The maximum absolute atomic E-state index is 5.85. The number of fused-ring (bicyclic) bond motifs is 1. The molecule has 98 valence electrons. The van der Waals surface area contributed by atoms with Gasteiger partial charge in [-0.3, -0.25) is 4.98 Å². The molecule has 1 unspecified atom stereocenters. The largest absolute Gasteiger partial charge is 0.337 e. The monoisotopic (exact) mass is 264 g/mol. The molecule has 0 saturated carbocycles. The van der Waals surface area contributed by atoms with E-state index < -0.39 is 6.04 Å². The van der Waals surface area contributed by atoms with Crippen LogP contribution in [0, 0.1) is 12.3 Å². The van der Waals surface area contributed by atoms with Crippen LogP contribution in [0.15, 0.2) is 41.1 Å². The van der Waals surface area contributed by atoms with Crippen molar-refractivity contribution in [1.82, 2.24) is 15.1 Å². The average Bonchev–Trinajstić information content (AvgIpc) is 2.97. The number of terminal acetylenes is 1. The number of hydrogen-bond donors (Lipinski definition) is 1. The second-order valence-corrected chi connectivity index (χ2v) is 4.35. The predicted molar refractivity (Wildman–Crippen MR) is 75.4 cm³/mol. The lowest BCUT2D eigenvalue weighted by molar-refractivity contribution is 0.356. The van der Waals surface area contributed by atoms with Crippen LogP contribution in [0.3, 0.4) is 0 Å². The molecule has 2 aromatic heterocycles. The Morgan fingerprint density at radius 2 is 2.15 bits per heavy atom. The molecule has 0 aliphatic heterocycles. The van der Waals surface area contributed by atoms with E-state index in [1.54, 1.807) is 6.20 Å². The molecule has 0 radical (unpaired) electrons. The van der Waals surface area contributed by atoms with Crippen molar-refractivity contribution in [3.8, 4) is 23.9 Å². The van der Waals surface area contributed by atoms with E-state index in [0.29, 0.717) is 23.8 Å². The van der Waals surface area contributed by atoms with Gasteiger partial charge < -0.3 is 10.3 Å². The third kappa shape index (κ3) is 2.13. The van der Waals surface area contributed by atoms with Crippen LogP contribution in [0.25, 0.3) is 22.3 Å². The molecule has 0 fully saturated rings. The van der Waals surface area contributed by atoms with Gasteiger partial charge in [-0.15, -0.1) is 12.3 Å². The molecule has 1 atom stereocenters. The topological polar surface area (TPSA) is 77.8 Å². The van der Waals surface area contributed by atoms with Crippen molar-refractivity contribution < 1.29 is 4.52 Å². The molecule has 20 heavy (non-hydrogen) atoms. The fourth-order valence-corrected chi connectivity index (χ4v) is 1.99. The second kappa shape index (κ2) is 5.11. The van der Waals surface area contributed by atoms with Crippen LogP contribution < -0.4 is 5.73 Å². The summed E-state index contributed by atoms with van der Waals surface area (Å²) in [5, 5.41) is 5.97. The van der Waals surface area contributed by atoms with Gasteiger partial charge in [0.2, 0.25) is 11.7 Å². The summed E-state index contributed by atoms with van der Waals surface area (Å²) in [4.78, 5) is 8.62. The summed E-state index contributed by atoms with van der Waals surface area (Å²) in [6.07, 6.45) is 7.30. The first-order valence-corrected chi connectivity index (χ1v) is 6.16. The van der Waals surface area contributed by atoms with Crippen molar-refractivity contribution >= 4 is 10.8 Å². The van der Waals surface area contributed by atoms with E-state index in [2.05, 4.69) is 21.0 Å². The van der Waals surface area contributed by atoms with Gasteiger partial charge in [0.15, 0.2) is 0 Å². The van der Waals surface area contributed by atoms with Crippen LogP contribution in [-0.4, -0.2) is 15.1 Å². The molecule has 5 heteroatoms.